The molecule has 0 saturated carbocycles. The second kappa shape index (κ2) is 7.65. The monoisotopic (exact) mass is 429 g/mol. The number of hydrogen-bond donors (Lipinski definition) is 5. The maximum Gasteiger partial charge on any atom is 0.573 e. The lowest BCUT2D eigenvalue weighted by Gasteiger charge is -2.37. The SMILES string of the molecule is O=C(O)[C@H]1O[C@@H](O[15NH][13c]2[15n]c3ccc(OC(F)(F)F)cc3s2)[C@H](O)[C@@H](O)[C@@H]1O. The van der Waals surface area contributed by atoms with Crippen molar-refractivity contribution in [2.75, 3.05) is 5.48 Å². The number of nitrogens with one attached hydrogen (secondary N) is 1. The Hall–Kier alpha value is -2.23. The number of rotatable bonds is 5. The van der Waals surface area contributed by atoms with Gasteiger partial charge in [-0.25, -0.2) is 20.1 Å². The molecular formula is C14H13F3N2O8S. The minimum absolute atomic E-state index is 0.0439. The van der Waals surface area contributed by atoms with Crippen molar-refractivity contribution in [2.45, 2.75) is 37.1 Å². The van der Waals surface area contributed by atoms with Gasteiger partial charge in [-0.3, -0.25) is 0 Å². The number of carboxylic acid groups (broad SMARTS) is 1. The Labute approximate surface area is 157 Å². The number of anilines is 1. The molecule has 1 aromatic carbocycles. The predicted octanol–water partition coefficient (Wildman–Crippen LogP) is 0.431. The van der Waals surface area contributed by atoms with E-state index in [4.69, 9.17) is 14.7 Å². The Morgan fingerprint density at radius 2 is 1.93 bits per heavy atom. The van der Waals surface area contributed by atoms with E-state index in [9.17, 15) is 33.3 Å². The molecule has 1 aromatic heterocycles. The molecule has 2 heterocycles. The Bertz CT molecular complexity index is 863. The first-order chi connectivity index (χ1) is 13.0. The maximum absolute atomic E-state index is 12.3. The van der Waals surface area contributed by atoms with Crippen molar-refractivity contribution in [1.29, 1.82) is 0 Å². The highest BCUT2D eigenvalue weighted by Gasteiger charge is 2.47. The molecule has 0 bridgehead atoms. The largest absolute Gasteiger partial charge is 0.573 e. The van der Waals surface area contributed by atoms with Crippen molar-refractivity contribution >= 4 is 32.7 Å². The van der Waals surface area contributed by atoms with Crippen molar-refractivity contribution in [3.63, 3.8) is 0 Å². The van der Waals surface area contributed by atoms with Crippen LogP contribution in [-0.2, 0) is 14.4 Å². The van der Waals surface area contributed by atoms with E-state index >= 15 is 0 Å². The lowest BCUT2D eigenvalue weighted by atomic mass is 9.99. The van der Waals surface area contributed by atoms with Crippen molar-refractivity contribution in [3.05, 3.63) is 18.2 Å². The van der Waals surface area contributed by atoms with Crippen LogP contribution in [-0.4, -0.2) is 68.4 Å². The maximum atomic E-state index is 12.3. The van der Waals surface area contributed by atoms with Gasteiger partial charge in [-0.05, 0) is 12.1 Å². The number of nitrogens with zero attached hydrogens (tertiary/aromatic N) is 1. The van der Waals surface area contributed by atoms with Crippen LogP contribution in [0.5, 0.6) is 5.75 Å². The van der Waals surface area contributed by atoms with Gasteiger partial charge in [0, 0.05) is 6.07 Å². The molecule has 5 atom stereocenters. The zero-order valence-electron chi connectivity index (χ0n) is 13.5. The van der Waals surface area contributed by atoms with Gasteiger partial charge in [0.05, 0.1) is 10.2 Å². The van der Waals surface area contributed by atoms with Crippen LogP contribution in [0.3, 0.4) is 0 Å². The summed E-state index contributed by atoms with van der Waals surface area (Å²) >= 11 is 0.876. The van der Waals surface area contributed by atoms with Crippen molar-refractivity contribution < 1.29 is 52.7 Å². The van der Waals surface area contributed by atoms with Crippen LogP contribution in [0.2, 0.25) is 0 Å². The topological polar surface area (TPSA) is 151 Å². The standard InChI is InChI=1S/C14H13F3N2O8S/c15-14(16,17)26-4-1-2-5-6(3-4)28-13(18-5)19-27-12-9(22)7(20)8(21)10(25-12)11(23)24/h1-3,7-10,12,20-22H,(H,18,19)(H,23,24)/t7-,8-,9+,10-,12-/m0/s1/i13+1,18+1,19+1. The summed E-state index contributed by atoms with van der Waals surface area (Å²) in [7, 11) is 0. The summed E-state index contributed by atoms with van der Waals surface area (Å²) < 4.78 is 45.8. The van der Waals surface area contributed by atoms with E-state index in [-0.39, 0.29) is 5.13 Å². The van der Waals surface area contributed by atoms with Crippen molar-refractivity contribution in [2.24, 2.45) is 0 Å². The first-order valence-corrected chi connectivity index (χ1v) is 8.37. The fourth-order valence-electron chi connectivity index (χ4n) is 2.40. The fourth-order valence-corrected chi connectivity index (χ4v) is 3.24. The number of alkyl halides is 3. The number of carbonyl (C=O) groups is 1. The quantitative estimate of drug-likeness (QED) is 0.334. The number of aromatic nitrogens is 1. The molecule has 10 nitrogen and oxygen atoms in total. The highest BCUT2D eigenvalue weighted by atomic mass is 32.1. The molecule has 2 aromatic rings. The van der Waals surface area contributed by atoms with Crippen LogP contribution < -0.4 is 10.2 Å². The Kier molecular flexibility index (Phi) is 5.60. The van der Waals surface area contributed by atoms with Gasteiger partial charge in [0.15, 0.2) is 6.10 Å². The zero-order valence-corrected chi connectivity index (χ0v) is 14.3. The summed E-state index contributed by atoms with van der Waals surface area (Å²) in [6.07, 6.45) is -13.9. The number of hydrogen-bond acceptors (Lipinski definition) is 10. The second-order valence-corrected chi connectivity index (χ2v) is 6.68. The number of benzene rings is 1. The minimum Gasteiger partial charge on any atom is -0.479 e. The molecule has 3 rings (SSSR count). The van der Waals surface area contributed by atoms with E-state index < -0.39 is 48.8 Å². The summed E-state index contributed by atoms with van der Waals surface area (Å²) in [6, 6.07) is 3.46. The molecule has 154 valence electrons. The Morgan fingerprint density at radius 1 is 1.21 bits per heavy atom. The molecule has 0 aliphatic carbocycles. The van der Waals surface area contributed by atoms with E-state index in [1.165, 1.54) is 6.07 Å². The number of aliphatic carboxylic acids is 1. The van der Waals surface area contributed by atoms with E-state index in [2.05, 4.69) is 15.2 Å². The number of halogens is 3. The highest BCUT2D eigenvalue weighted by molar-refractivity contribution is 7.22. The van der Waals surface area contributed by atoms with E-state index in [1.54, 1.807) is 0 Å². The van der Waals surface area contributed by atoms with Gasteiger partial charge in [0.25, 0.3) is 0 Å². The van der Waals surface area contributed by atoms with Crippen LogP contribution >= 0.6 is 11.3 Å². The summed E-state index contributed by atoms with van der Waals surface area (Å²) in [5.41, 5.74) is 2.58. The number of thiazole rings is 1. The van der Waals surface area contributed by atoms with Gasteiger partial charge < -0.3 is 29.9 Å². The molecule has 1 aliphatic heterocycles. The average Bonchev–Trinajstić information content (AvgIpc) is 2.99. The molecule has 1 aliphatic rings. The molecule has 0 unspecified atom stereocenters. The molecule has 0 spiro atoms. The summed E-state index contributed by atoms with van der Waals surface area (Å²) in [6.45, 7) is 0. The Balaban J connectivity index is 1.69. The smallest absolute Gasteiger partial charge is 0.479 e. The summed E-state index contributed by atoms with van der Waals surface area (Å²) in [5, 5.41) is 38.1. The van der Waals surface area contributed by atoms with Crippen LogP contribution in [0.25, 0.3) is 10.2 Å². The number of fused-ring (bicyclic) bond motifs is 1. The lowest BCUT2D eigenvalue weighted by molar-refractivity contribution is -0.287. The second-order valence-electron chi connectivity index (χ2n) is 5.65. The first-order valence-electron chi connectivity index (χ1n) is 7.55. The van der Waals surface area contributed by atoms with Gasteiger partial charge in [-0.15, -0.1) is 13.2 Å². The third-order valence-corrected chi connectivity index (χ3v) is 4.58. The van der Waals surface area contributed by atoms with Crippen LogP contribution in [0, 0.1) is 0 Å². The molecule has 0 amide bonds. The zero-order chi connectivity index (χ0) is 20.6. The van der Waals surface area contributed by atoms with Crippen molar-refractivity contribution in [1.82, 2.24) is 4.98 Å². The minimum atomic E-state index is -4.84. The molecule has 14 heteroatoms. The number of ether oxygens (including phenoxy) is 2. The van der Waals surface area contributed by atoms with Gasteiger partial charge in [0.1, 0.15) is 24.1 Å². The fraction of sp³-hybridized carbons (Fsp3) is 0.429. The van der Waals surface area contributed by atoms with E-state index in [0.29, 0.717) is 10.2 Å². The third-order valence-electron chi connectivity index (χ3n) is 3.67. The predicted molar refractivity (Wildman–Crippen MR) is 85.3 cm³/mol. The summed E-state index contributed by atoms with van der Waals surface area (Å²) in [5.74, 6) is -2.02. The first kappa shape index (κ1) is 20.5. The molecule has 0 radical (unpaired) electrons. The Morgan fingerprint density at radius 3 is 2.57 bits per heavy atom. The number of carboxylic acids is 1. The average molecular weight is 429 g/mol. The molecule has 5 N–H and O–H groups in total. The van der Waals surface area contributed by atoms with Crippen molar-refractivity contribution in [3.8, 4) is 5.75 Å². The number of aliphatic hydroxyl groups excluding tert-OH is 3. The van der Waals surface area contributed by atoms with E-state index in [1.807, 2.05) is 0 Å². The van der Waals surface area contributed by atoms with Crippen LogP contribution in [0.4, 0.5) is 18.3 Å². The molecule has 1 saturated heterocycles. The van der Waals surface area contributed by atoms with Crippen LogP contribution in [0.1, 0.15) is 0 Å². The van der Waals surface area contributed by atoms with Gasteiger partial charge in [-0.2, -0.15) is 0 Å². The molecule has 28 heavy (non-hydrogen) atoms. The molecular weight excluding hydrogens is 416 g/mol. The molecule has 1 fully saturated rings. The van der Waals surface area contributed by atoms with Gasteiger partial charge >= 0.3 is 12.3 Å². The van der Waals surface area contributed by atoms with E-state index in [0.717, 1.165) is 23.5 Å². The summed E-state index contributed by atoms with van der Waals surface area (Å²) in [4.78, 5) is 20.1. The van der Waals surface area contributed by atoms with Gasteiger partial charge in [0.2, 0.25) is 11.4 Å². The highest BCUT2D eigenvalue weighted by Crippen LogP contribution is 2.32. The lowest BCUT2D eigenvalue weighted by Crippen LogP contribution is -2.60. The number of aliphatic hydroxyl groups is 3. The van der Waals surface area contributed by atoms with Gasteiger partial charge in [-0.1, -0.05) is 11.3 Å². The van der Waals surface area contributed by atoms with Crippen LogP contribution in [0.15, 0.2) is 18.2 Å². The normalized spacial score (nSPS) is 28.3. The third kappa shape index (κ3) is 4.43.